The van der Waals surface area contributed by atoms with Gasteiger partial charge in [0.05, 0.1) is 0 Å². The molecule has 1 saturated carbocycles. The lowest BCUT2D eigenvalue weighted by Crippen LogP contribution is -2.83. The number of unbranched alkanes of at least 4 members (excludes halogenated alkanes) is 1. The Morgan fingerprint density at radius 1 is 0.719 bits per heavy atom. The molecule has 0 aromatic rings. The molecule has 0 aromatic carbocycles. The Kier molecular flexibility index (Phi) is 8.17. The Balaban J connectivity index is 2.95. The summed E-state index contributed by atoms with van der Waals surface area (Å²) in [5.74, 6) is -34.7. The number of alkyl halides is 12. The van der Waals surface area contributed by atoms with E-state index < -0.39 is 53.9 Å². The highest BCUT2D eigenvalue weighted by atomic mass is 127. The normalized spacial score (nSPS) is 26.5. The molecule has 0 spiro atoms. The first-order chi connectivity index (χ1) is 13.9. The zero-order chi connectivity index (χ0) is 25.8. The van der Waals surface area contributed by atoms with E-state index in [0.717, 1.165) is 0 Å². The first-order valence-electron chi connectivity index (χ1n) is 9.71. The summed E-state index contributed by atoms with van der Waals surface area (Å²) in [4.78, 5) is 0. The van der Waals surface area contributed by atoms with E-state index in [0.29, 0.717) is 0 Å². The fraction of sp³-hybridized carbons (Fsp3) is 1.00. The van der Waals surface area contributed by atoms with Crippen LogP contribution < -0.4 is 0 Å². The molecule has 0 aromatic heterocycles. The van der Waals surface area contributed by atoms with Crippen LogP contribution in [0, 0.1) is 0 Å². The molecular formula is C18H26F11IOSi. The highest BCUT2D eigenvalue weighted by molar-refractivity contribution is 14.1. The summed E-state index contributed by atoms with van der Waals surface area (Å²) in [6, 6.07) is 0. The van der Waals surface area contributed by atoms with E-state index >= 15 is 0 Å². The van der Waals surface area contributed by atoms with Gasteiger partial charge in [-0.25, -0.2) is 4.39 Å². The molecule has 0 radical (unpaired) electrons. The van der Waals surface area contributed by atoms with Crippen LogP contribution in [0.1, 0.15) is 46.5 Å². The van der Waals surface area contributed by atoms with Crippen molar-refractivity contribution >= 4 is 30.9 Å². The monoisotopic (exact) mass is 622 g/mol. The maximum absolute atomic E-state index is 14.8. The van der Waals surface area contributed by atoms with Gasteiger partial charge in [0.1, 0.15) is 0 Å². The van der Waals surface area contributed by atoms with Crippen LogP contribution in [0.2, 0.25) is 18.1 Å². The van der Waals surface area contributed by atoms with Gasteiger partial charge in [-0.15, -0.1) is 0 Å². The van der Waals surface area contributed by atoms with Crippen molar-refractivity contribution in [2.75, 3.05) is 6.61 Å². The lowest BCUT2D eigenvalue weighted by atomic mass is 9.70. The summed E-state index contributed by atoms with van der Waals surface area (Å²) in [6.45, 7) is 10.0. The van der Waals surface area contributed by atoms with Crippen LogP contribution in [0.25, 0.3) is 0 Å². The van der Waals surface area contributed by atoms with Crippen LogP contribution in [0.15, 0.2) is 0 Å². The van der Waals surface area contributed by atoms with E-state index in [-0.39, 0.29) is 30.9 Å². The number of hydrogen-bond acceptors (Lipinski definition) is 1. The SMILES string of the molecule is CC(C)(C)[Si](C)(C)OCCCCC(I)CC1(F)C(F)(F)C(F)(F)C(F)(F)C(F)(F)C1(F)F. The Labute approximate surface area is 194 Å². The molecule has 1 atom stereocenters. The zero-order valence-electron chi connectivity index (χ0n) is 18.1. The average Bonchev–Trinajstić information content (AvgIpc) is 2.58. The fourth-order valence-corrected chi connectivity index (χ4v) is 5.10. The van der Waals surface area contributed by atoms with E-state index in [1.807, 2.05) is 33.9 Å². The molecule has 1 unspecified atom stereocenters. The lowest BCUT2D eigenvalue weighted by Gasteiger charge is -2.53. The smallest absolute Gasteiger partial charge is 0.384 e. The highest BCUT2D eigenvalue weighted by Crippen LogP contribution is 2.70. The van der Waals surface area contributed by atoms with Crippen molar-refractivity contribution in [2.24, 2.45) is 0 Å². The van der Waals surface area contributed by atoms with Gasteiger partial charge in [0, 0.05) is 17.0 Å². The molecule has 1 rings (SSSR count). The van der Waals surface area contributed by atoms with Crippen molar-refractivity contribution in [1.82, 2.24) is 0 Å². The van der Waals surface area contributed by atoms with Crippen LogP contribution >= 0.6 is 22.6 Å². The topological polar surface area (TPSA) is 9.23 Å². The van der Waals surface area contributed by atoms with E-state index in [1.54, 1.807) is 0 Å². The third-order valence-corrected chi connectivity index (χ3v) is 11.9. The molecule has 1 aliphatic carbocycles. The maximum Gasteiger partial charge on any atom is 0.384 e. The molecular weight excluding hydrogens is 596 g/mol. The quantitative estimate of drug-likeness (QED) is 0.0871. The fourth-order valence-electron chi connectivity index (χ4n) is 2.96. The molecule has 0 amide bonds. The van der Waals surface area contributed by atoms with Gasteiger partial charge < -0.3 is 4.43 Å². The average molecular weight is 622 g/mol. The van der Waals surface area contributed by atoms with Crippen LogP contribution in [0.3, 0.4) is 0 Å². The molecule has 0 heterocycles. The first kappa shape index (κ1) is 30.2. The van der Waals surface area contributed by atoms with E-state index in [9.17, 15) is 48.3 Å². The minimum Gasteiger partial charge on any atom is -0.417 e. The second-order valence-electron chi connectivity index (χ2n) is 9.58. The van der Waals surface area contributed by atoms with Crippen LogP contribution in [-0.4, -0.2) is 54.1 Å². The maximum atomic E-state index is 14.8. The van der Waals surface area contributed by atoms with Crippen molar-refractivity contribution in [3.63, 3.8) is 0 Å². The third-order valence-electron chi connectivity index (χ3n) is 6.26. The Morgan fingerprint density at radius 3 is 1.47 bits per heavy atom. The Hall–Kier alpha value is 0.137. The van der Waals surface area contributed by atoms with Crippen molar-refractivity contribution < 1.29 is 52.7 Å². The van der Waals surface area contributed by atoms with Gasteiger partial charge in [-0.05, 0) is 31.0 Å². The van der Waals surface area contributed by atoms with Crippen molar-refractivity contribution in [1.29, 1.82) is 0 Å². The standard InChI is InChI=1S/C18H26F11IOSi/c1-12(2,3)32(4,5)31-9-7-6-8-11(30)10-13(19)14(20,21)16(24,25)18(28,29)17(26,27)15(13,22)23/h11H,6-10H2,1-5H3. The lowest BCUT2D eigenvalue weighted by molar-refractivity contribution is -0.485. The van der Waals surface area contributed by atoms with Gasteiger partial charge in [0.2, 0.25) is 0 Å². The summed E-state index contributed by atoms with van der Waals surface area (Å²) < 4.78 is 156. The van der Waals surface area contributed by atoms with Crippen LogP contribution in [0.5, 0.6) is 0 Å². The van der Waals surface area contributed by atoms with Crippen molar-refractivity contribution in [3.8, 4) is 0 Å². The second-order valence-corrected chi connectivity index (χ2v) is 16.1. The molecule has 0 aliphatic heterocycles. The van der Waals surface area contributed by atoms with Gasteiger partial charge >= 0.3 is 29.6 Å². The van der Waals surface area contributed by atoms with Gasteiger partial charge in [0.15, 0.2) is 8.32 Å². The summed E-state index contributed by atoms with van der Waals surface area (Å²) in [5, 5.41) is -0.115. The van der Waals surface area contributed by atoms with Crippen molar-refractivity contribution in [2.45, 2.75) is 104 Å². The van der Waals surface area contributed by atoms with E-state index in [4.69, 9.17) is 4.43 Å². The second kappa shape index (κ2) is 8.66. The van der Waals surface area contributed by atoms with E-state index in [1.165, 1.54) is 22.6 Å². The molecule has 0 N–H and O–H groups in total. The molecule has 14 heteroatoms. The summed E-state index contributed by atoms with van der Waals surface area (Å²) in [5.41, 5.74) is -5.89. The first-order valence-corrected chi connectivity index (χ1v) is 13.9. The largest absolute Gasteiger partial charge is 0.417 e. The molecule has 192 valence electrons. The molecule has 1 nitrogen and oxygen atoms in total. The molecule has 0 saturated heterocycles. The summed E-state index contributed by atoms with van der Waals surface area (Å²) in [6.07, 6.45) is -2.08. The van der Waals surface area contributed by atoms with Crippen LogP contribution in [-0.2, 0) is 4.43 Å². The summed E-state index contributed by atoms with van der Waals surface area (Å²) in [7, 11) is -2.11. The highest BCUT2D eigenvalue weighted by Gasteiger charge is 3.00. The van der Waals surface area contributed by atoms with E-state index in [2.05, 4.69) is 0 Å². The zero-order valence-corrected chi connectivity index (χ0v) is 21.2. The van der Waals surface area contributed by atoms with Crippen molar-refractivity contribution in [3.05, 3.63) is 0 Å². The number of rotatable bonds is 8. The molecule has 1 aliphatic rings. The summed E-state index contributed by atoms with van der Waals surface area (Å²) >= 11 is 1.18. The van der Waals surface area contributed by atoms with Gasteiger partial charge in [0.25, 0.3) is 5.67 Å². The Morgan fingerprint density at radius 2 is 1.09 bits per heavy atom. The minimum atomic E-state index is -7.16. The molecule has 32 heavy (non-hydrogen) atoms. The predicted octanol–water partition coefficient (Wildman–Crippen LogP) is 8.27. The van der Waals surface area contributed by atoms with Gasteiger partial charge in [-0.2, -0.15) is 43.9 Å². The van der Waals surface area contributed by atoms with Gasteiger partial charge in [-0.1, -0.05) is 49.8 Å². The van der Waals surface area contributed by atoms with Crippen LogP contribution in [0.4, 0.5) is 48.3 Å². The Bertz CT molecular complexity index is 646. The number of hydrogen-bond donors (Lipinski definition) is 0. The molecule has 1 fully saturated rings. The minimum absolute atomic E-state index is 0.0956. The molecule has 0 bridgehead atoms. The number of halogens is 12. The van der Waals surface area contributed by atoms with Gasteiger partial charge in [-0.3, -0.25) is 0 Å². The third kappa shape index (κ3) is 4.30. The predicted molar refractivity (Wildman–Crippen MR) is 108 cm³/mol.